The van der Waals surface area contributed by atoms with Crippen molar-refractivity contribution in [1.29, 1.82) is 5.26 Å². The number of piperazine rings is 1. The van der Waals surface area contributed by atoms with Crippen molar-refractivity contribution in [2.75, 3.05) is 31.1 Å². The number of hydrogen-bond donors (Lipinski definition) is 0. The molecule has 1 saturated heterocycles. The normalized spacial score (nSPS) is 17.0. The summed E-state index contributed by atoms with van der Waals surface area (Å²) in [4.78, 5) is 21.6. The van der Waals surface area contributed by atoms with E-state index in [1.807, 2.05) is 29.2 Å². The molecule has 2 fully saturated rings. The summed E-state index contributed by atoms with van der Waals surface area (Å²) in [5.41, 5.74) is 3.65. The molecule has 3 aromatic rings. The minimum atomic E-state index is -0.00507. The number of hydrogen-bond acceptors (Lipinski definition) is 5. The lowest BCUT2D eigenvalue weighted by atomic mass is 10.1. The van der Waals surface area contributed by atoms with Gasteiger partial charge in [0.25, 0.3) is 5.91 Å². The Morgan fingerprint density at radius 2 is 1.96 bits per heavy atom. The van der Waals surface area contributed by atoms with Gasteiger partial charge in [-0.15, -0.1) is 0 Å². The Balaban J connectivity index is 1.33. The standard InChI is InChI=1S/C22H20N4O2/c23-14-15-2-1-3-17(12-15)25-8-10-26(11-9-25)22(27)18-6-7-24-19-13-20(16-4-5-16)28-21(18)19/h1-3,6-7,12-13,16H,4-5,8-11H2. The summed E-state index contributed by atoms with van der Waals surface area (Å²) in [5, 5.41) is 9.09. The molecule has 2 aliphatic rings. The molecule has 1 saturated carbocycles. The van der Waals surface area contributed by atoms with E-state index in [-0.39, 0.29) is 5.91 Å². The molecule has 1 amide bonds. The molecule has 1 aromatic carbocycles. The minimum absolute atomic E-state index is 0.00507. The molecular formula is C22H20N4O2. The molecule has 0 radical (unpaired) electrons. The summed E-state index contributed by atoms with van der Waals surface area (Å²) < 4.78 is 6.00. The van der Waals surface area contributed by atoms with Crippen molar-refractivity contribution in [3.05, 3.63) is 59.5 Å². The van der Waals surface area contributed by atoms with Crippen molar-refractivity contribution in [3.63, 3.8) is 0 Å². The predicted molar refractivity (Wildman–Crippen MR) is 105 cm³/mol. The highest BCUT2D eigenvalue weighted by Gasteiger charge is 2.30. The van der Waals surface area contributed by atoms with Gasteiger partial charge in [-0.3, -0.25) is 9.78 Å². The van der Waals surface area contributed by atoms with Gasteiger partial charge in [0.05, 0.1) is 17.2 Å². The molecule has 6 heteroatoms. The van der Waals surface area contributed by atoms with Crippen molar-refractivity contribution in [3.8, 4) is 6.07 Å². The number of pyridine rings is 1. The lowest BCUT2D eigenvalue weighted by molar-refractivity contribution is 0.0747. The lowest BCUT2D eigenvalue weighted by Crippen LogP contribution is -2.48. The number of carbonyl (C=O) groups is 1. The molecule has 5 rings (SSSR count). The lowest BCUT2D eigenvalue weighted by Gasteiger charge is -2.36. The van der Waals surface area contributed by atoms with Crippen LogP contribution in [-0.2, 0) is 0 Å². The average molecular weight is 372 g/mol. The van der Waals surface area contributed by atoms with Crippen LogP contribution >= 0.6 is 0 Å². The van der Waals surface area contributed by atoms with Crippen molar-refractivity contribution >= 4 is 22.7 Å². The molecule has 1 aliphatic heterocycles. The summed E-state index contributed by atoms with van der Waals surface area (Å²) in [5.74, 6) is 1.43. The molecule has 1 aliphatic carbocycles. The number of aromatic nitrogens is 1. The van der Waals surface area contributed by atoms with Crippen molar-refractivity contribution in [2.45, 2.75) is 18.8 Å². The molecule has 2 aromatic heterocycles. The number of amides is 1. The molecule has 0 spiro atoms. The molecule has 0 unspecified atom stereocenters. The SMILES string of the molecule is N#Cc1cccc(N2CCN(C(=O)c3ccnc4cc(C5CC5)oc34)CC2)c1. The number of benzene rings is 1. The van der Waals surface area contributed by atoms with Gasteiger partial charge in [-0.05, 0) is 37.1 Å². The molecule has 6 nitrogen and oxygen atoms in total. The first-order valence-electron chi connectivity index (χ1n) is 9.66. The first-order valence-corrected chi connectivity index (χ1v) is 9.66. The third kappa shape index (κ3) is 2.99. The minimum Gasteiger partial charge on any atom is -0.458 e. The third-order valence-corrected chi connectivity index (χ3v) is 5.55. The Morgan fingerprint density at radius 3 is 2.71 bits per heavy atom. The largest absolute Gasteiger partial charge is 0.458 e. The fourth-order valence-corrected chi connectivity index (χ4v) is 3.80. The number of nitriles is 1. The zero-order valence-corrected chi connectivity index (χ0v) is 15.5. The van der Waals surface area contributed by atoms with Crippen molar-refractivity contribution in [2.24, 2.45) is 0 Å². The van der Waals surface area contributed by atoms with Gasteiger partial charge >= 0.3 is 0 Å². The van der Waals surface area contributed by atoms with Crippen LogP contribution in [0.5, 0.6) is 0 Å². The molecule has 0 N–H and O–H groups in total. The van der Waals surface area contributed by atoms with Gasteiger partial charge in [-0.25, -0.2) is 0 Å². The van der Waals surface area contributed by atoms with Crippen LogP contribution in [0.1, 0.15) is 40.4 Å². The maximum Gasteiger partial charge on any atom is 0.257 e. The van der Waals surface area contributed by atoms with Crippen molar-refractivity contribution < 1.29 is 9.21 Å². The fraction of sp³-hybridized carbons (Fsp3) is 0.318. The summed E-state index contributed by atoms with van der Waals surface area (Å²) >= 11 is 0. The first kappa shape index (κ1) is 16.8. The van der Waals surface area contributed by atoms with Gasteiger partial charge in [-0.2, -0.15) is 5.26 Å². The number of carbonyl (C=O) groups excluding carboxylic acids is 1. The molecule has 140 valence electrons. The van der Waals surface area contributed by atoms with Gasteiger partial charge < -0.3 is 14.2 Å². The van der Waals surface area contributed by atoms with Gasteiger partial charge in [0.15, 0.2) is 5.58 Å². The van der Waals surface area contributed by atoms with Gasteiger partial charge in [0, 0.05) is 50.0 Å². The summed E-state index contributed by atoms with van der Waals surface area (Å²) in [6.07, 6.45) is 3.99. The van der Waals surface area contributed by atoms with E-state index in [1.54, 1.807) is 18.3 Å². The van der Waals surface area contributed by atoms with E-state index >= 15 is 0 Å². The zero-order valence-electron chi connectivity index (χ0n) is 15.5. The monoisotopic (exact) mass is 372 g/mol. The highest BCUT2D eigenvalue weighted by Crippen LogP contribution is 2.42. The number of fused-ring (bicyclic) bond motifs is 1. The number of rotatable bonds is 3. The zero-order chi connectivity index (χ0) is 19.1. The fourth-order valence-electron chi connectivity index (χ4n) is 3.80. The molecule has 0 atom stereocenters. The third-order valence-electron chi connectivity index (χ3n) is 5.55. The van der Waals surface area contributed by atoms with E-state index in [0.717, 1.165) is 42.9 Å². The van der Waals surface area contributed by atoms with Crippen LogP contribution in [0, 0.1) is 11.3 Å². The highest BCUT2D eigenvalue weighted by molar-refractivity contribution is 6.04. The van der Waals surface area contributed by atoms with Crippen LogP contribution in [-0.4, -0.2) is 42.0 Å². The number of furan rings is 1. The smallest absolute Gasteiger partial charge is 0.257 e. The molecule has 3 heterocycles. The van der Waals surface area contributed by atoms with E-state index in [1.165, 1.54) is 0 Å². The Kier molecular flexibility index (Phi) is 4.01. The van der Waals surface area contributed by atoms with Crippen LogP contribution < -0.4 is 4.90 Å². The van der Waals surface area contributed by atoms with Crippen LogP contribution in [0.2, 0.25) is 0 Å². The summed E-state index contributed by atoms with van der Waals surface area (Å²) in [6, 6.07) is 13.5. The average Bonchev–Trinajstić information content (AvgIpc) is 3.51. The molecule has 0 bridgehead atoms. The van der Waals surface area contributed by atoms with Gasteiger partial charge in [-0.1, -0.05) is 6.07 Å². The second kappa shape index (κ2) is 6.68. The van der Waals surface area contributed by atoms with E-state index < -0.39 is 0 Å². The topological polar surface area (TPSA) is 73.4 Å². The second-order valence-electron chi connectivity index (χ2n) is 7.44. The number of anilines is 1. The number of nitrogens with zero attached hydrogens (tertiary/aromatic N) is 4. The van der Waals surface area contributed by atoms with E-state index in [9.17, 15) is 4.79 Å². The predicted octanol–water partition coefficient (Wildman–Crippen LogP) is 3.54. The Morgan fingerprint density at radius 1 is 1.14 bits per heavy atom. The molecular weight excluding hydrogens is 352 g/mol. The maximum absolute atomic E-state index is 13.1. The van der Waals surface area contributed by atoms with Gasteiger partial charge in [0.2, 0.25) is 0 Å². The summed E-state index contributed by atoms with van der Waals surface area (Å²) in [7, 11) is 0. The van der Waals surface area contributed by atoms with E-state index in [2.05, 4.69) is 16.0 Å². The van der Waals surface area contributed by atoms with Crippen LogP contribution in [0.4, 0.5) is 5.69 Å². The Bertz CT molecular complexity index is 1090. The van der Waals surface area contributed by atoms with E-state index in [0.29, 0.717) is 35.7 Å². The van der Waals surface area contributed by atoms with E-state index in [4.69, 9.17) is 9.68 Å². The highest BCUT2D eigenvalue weighted by atomic mass is 16.3. The van der Waals surface area contributed by atoms with Crippen LogP contribution in [0.3, 0.4) is 0 Å². The maximum atomic E-state index is 13.1. The Hall–Kier alpha value is -3.33. The first-order chi connectivity index (χ1) is 13.7. The second-order valence-corrected chi connectivity index (χ2v) is 7.44. The Labute approximate surface area is 163 Å². The van der Waals surface area contributed by atoms with Crippen LogP contribution in [0.15, 0.2) is 47.0 Å². The summed E-state index contributed by atoms with van der Waals surface area (Å²) in [6.45, 7) is 2.74. The molecule has 28 heavy (non-hydrogen) atoms. The van der Waals surface area contributed by atoms with Gasteiger partial charge in [0.1, 0.15) is 11.3 Å². The van der Waals surface area contributed by atoms with Crippen LogP contribution in [0.25, 0.3) is 11.1 Å². The quantitative estimate of drug-likeness (QED) is 0.703. The van der Waals surface area contributed by atoms with Crippen molar-refractivity contribution in [1.82, 2.24) is 9.88 Å².